The Morgan fingerprint density at radius 2 is 1.57 bits per heavy atom. The number of hydrogen-bond acceptors (Lipinski definition) is 4. The van der Waals surface area contributed by atoms with Crippen LogP contribution in [0.1, 0.15) is 16.7 Å². The first-order valence-electron chi connectivity index (χ1n) is 9.36. The number of para-hydroxylation sites is 2. The molecule has 144 valence electrons. The van der Waals surface area contributed by atoms with E-state index < -0.39 is 11.4 Å². The highest BCUT2D eigenvalue weighted by molar-refractivity contribution is 9.10. The van der Waals surface area contributed by atoms with Crippen LogP contribution in [-0.4, -0.2) is 17.1 Å². The fraction of sp³-hybridized carbons (Fsp3) is 0.0417. The molecule has 1 amide bonds. The Balaban J connectivity index is 1.74. The Kier molecular flexibility index (Phi) is 4.27. The van der Waals surface area contributed by atoms with Crippen molar-refractivity contribution in [3.63, 3.8) is 0 Å². The molecule has 1 N–H and O–H groups in total. The second-order valence-electron chi connectivity index (χ2n) is 7.07. The van der Waals surface area contributed by atoms with Crippen molar-refractivity contribution in [1.82, 2.24) is 5.01 Å². The van der Waals surface area contributed by atoms with Gasteiger partial charge in [-0.3, -0.25) is 4.79 Å². The average Bonchev–Trinajstić information content (AvgIpc) is 3.06. The molecule has 0 saturated heterocycles. The summed E-state index contributed by atoms with van der Waals surface area (Å²) in [6, 6.07) is 25.3. The van der Waals surface area contributed by atoms with Crippen molar-refractivity contribution in [1.29, 1.82) is 5.26 Å². The summed E-state index contributed by atoms with van der Waals surface area (Å²) in [6.07, 6.45) is 3.38. The predicted octanol–water partition coefficient (Wildman–Crippen LogP) is 5.08. The number of hydrogen-bond donors (Lipinski definition) is 1. The first-order chi connectivity index (χ1) is 14.6. The van der Waals surface area contributed by atoms with Crippen LogP contribution in [0.25, 0.3) is 0 Å². The van der Waals surface area contributed by atoms with Crippen molar-refractivity contribution < 1.29 is 4.79 Å². The van der Waals surface area contributed by atoms with E-state index in [1.807, 2.05) is 72.8 Å². The molecule has 6 heteroatoms. The van der Waals surface area contributed by atoms with Crippen molar-refractivity contribution >= 4 is 39.4 Å². The van der Waals surface area contributed by atoms with Gasteiger partial charge < -0.3 is 5.32 Å². The van der Waals surface area contributed by atoms with Gasteiger partial charge in [-0.1, -0.05) is 64.5 Å². The fourth-order valence-corrected chi connectivity index (χ4v) is 4.29. The number of halogens is 1. The van der Waals surface area contributed by atoms with Crippen LogP contribution >= 0.6 is 15.9 Å². The number of carbonyl (C=O) groups is 1. The van der Waals surface area contributed by atoms with E-state index in [-0.39, 0.29) is 5.57 Å². The van der Waals surface area contributed by atoms with E-state index in [0.29, 0.717) is 0 Å². The lowest BCUT2D eigenvalue weighted by atomic mass is 9.78. The van der Waals surface area contributed by atoms with E-state index >= 15 is 0 Å². The second kappa shape index (κ2) is 6.97. The third kappa shape index (κ3) is 2.67. The zero-order valence-corrected chi connectivity index (χ0v) is 17.3. The third-order valence-electron chi connectivity index (χ3n) is 5.37. The first-order valence-corrected chi connectivity index (χ1v) is 10.2. The molecule has 1 spiro atoms. The van der Waals surface area contributed by atoms with Crippen LogP contribution in [0.2, 0.25) is 0 Å². The van der Waals surface area contributed by atoms with Crippen molar-refractivity contribution in [3.05, 3.63) is 106 Å². The lowest BCUT2D eigenvalue weighted by Gasteiger charge is -2.41. The number of anilines is 2. The summed E-state index contributed by atoms with van der Waals surface area (Å²) in [6.45, 7) is 0. The minimum atomic E-state index is -0.994. The maximum Gasteiger partial charge on any atom is 0.285 e. The van der Waals surface area contributed by atoms with Crippen LogP contribution in [0, 0.1) is 11.3 Å². The monoisotopic (exact) mass is 454 g/mol. The summed E-state index contributed by atoms with van der Waals surface area (Å²) >= 11 is 3.42. The number of benzene rings is 3. The number of fused-ring (bicyclic) bond motifs is 4. The van der Waals surface area contributed by atoms with Crippen LogP contribution in [0.15, 0.2) is 94.0 Å². The smallest absolute Gasteiger partial charge is 0.285 e. The number of nitrogens with one attached hydrogen (secondary N) is 1. The number of nitriles is 1. The van der Waals surface area contributed by atoms with Gasteiger partial charge in [0.25, 0.3) is 5.91 Å². The molecule has 0 radical (unpaired) electrons. The minimum absolute atomic E-state index is 0.0782. The lowest BCUT2D eigenvalue weighted by molar-refractivity contribution is -0.128. The number of carbonyl (C=O) groups excluding carboxylic acids is 1. The molecule has 3 aromatic carbocycles. The molecular weight excluding hydrogens is 440 g/mol. The average molecular weight is 455 g/mol. The summed E-state index contributed by atoms with van der Waals surface area (Å²) in [5, 5.41) is 19.1. The van der Waals surface area contributed by atoms with Crippen LogP contribution in [0.4, 0.5) is 11.4 Å². The van der Waals surface area contributed by atoms with Gasteiger partial charge in [0.2, 0.25) is 0 Å². The van der Waals surface area contributed by atoms with Gasteiger partial charge in [0.15, 0.2) is 0 Å². The van der Waals surface area contributed by atoms with Crippen LogP contribution in [-0.2, 0) is 10.3 Å². The van der Waals surface area contributed by atoms with Gasteiger partial charge in [0, 0.05) is 27.0 Å². The largest absolute Gasteiger partial charge is 0.355 e. The van der Waals surface area contributed by atoms with Crippen LogP contribution in [0.3, 0.4) is 0 Å². The highest BCUT2D eigenvalue weighted by Gasteiger charge is 2.52. The maximum absolute atomic E-state index is 13.2. The van der Waals surface area contributed by atoms with Gasteiger partial charge in [-0.2, -0.15) is 10.4 Å². The van der Waals surface area contributed by atoms with Gasteiger partial charge in [0.05, 0.1) is 6.21 Å². The molecule has 0 fully saturated rings. The standard InChI is InChI=1S/C24H15BrN4O/c25-18-11-9-16(10-12-18)15-27-29-23(30)17(14-26)13-24(29)19-5-1-3-7-21(19)28-22-8-4-2-6-20(22)24/h1-13,15,28H/b27-15+. The Bertz CT molecular complexity index is 1230. The molecule has 0 saturated carbocycles. The molecule has 2 heterocycles. The highest BCUT2D eigenvalue weighted by Crippen LogP contribution is 2.51. The summed E-state index contributed by atoms with van der Waals surface area (Å²) < 4.78 is 0.961. The molecule has 0 aliphatic carbocycles. The van der Waals surface area contributed by atoms with Crippen molar-refractivity contribution in [2.24, 2.45) is 5.10 Å². The maximum atomic E-state index is 13.2. The van der Waals surface area contributed by atoms with Crippen molar-refractivity contribution in [3.8, 4) is 6.07 Å². The number of amides is 1. The molecule has 2 aliphatic rings. The Morgan fingerprint density at radius 1 is 0.967 bits per heavy atom. The highest BCUT2D eigenvalue weighted by atomic mass is 79.9. The summed E-state index contributed by atoms with van der Waals surface area (Å²) in [5.74, 6) is -0.419. The topological polar surface area (TPSA) is 68.5 Å². The van der Waals surface area contributed by atoms with Gasteiger partial charge in [0.1, 0.15) is 17.2 Å². The lowest BCUT2D eigenvalue weighted by Crippen LogP contribution is -2.44. The SMILES string of the molecule is N#CC1=CC2(c3ccccc3Nc3ccccc32)N(/N=C/c2ccc(Br)cc2)C1=O. The second-order valence-corrected chi connectivity index (χ2v) is 7.98. The van der Waals surface area contributed by atoms with E-state index in [1.54, 1.807) is 12.3 Å². The van der Waals surface area contributed by atoms with Crippen LogP contribution < -0.4 is 5.32 Å². The van der Waals surface area contributed by atoms with E-state index in [1.165, 1.54) is 5.01 Å². The van der Waals surface area contributed by atoms with E-state index in [4.69, 9.17) is 0 Å². The fourth-order valence-electron chi connectivity index (χ4n) is 4.03. The van der Waals surface area contributed by atoms with E-state index in [9.17, 15) is 10.1 Å². The molecule has 5 nitrogen and oxygen atoms in total. The molecule has 2 aliphatic heterocycles. The predicted molar refractivity (Wildman–Crippen MR) is 119 cm³/mol. The molecule has 0 aromatic heterocycles. The van der Waals surface area contributed by atoms with Gasteiger partial charge in [-0.15, -0.1) is 0 Å². The summed E-state index contributed by atoms with van der Waals surface area (Å²) in [4.78, 5) is 13.2. The summed E-state index contributed by atoms with van der Waals surface area (Å²) in [7, 11) is 0. The Hall–Kier alpha value is -3.69. The van der Waals surface area contributed by atoms with Crippen LogP contribution in [0.5, 0.6) is 0 Å². The first kappa shape index (κ1) is 18.3. The molecule has 30 heavy (non-hydrogen) atoms. The van der Waals surface area contributed by atoms with E-state index in [0.717, 1.165) is 32.5 Å². The molecule has 0 bridgehead atoms. The quantitative estimate of drug-likeness (QED) is 0.549. The number of nitrogens with zero attached hydrogens (tertiary/aromatic N) is 3. The third-order valence-corrected chi connectivity index (χ3v) is 5.90. The summed E-state index contributed by atoms with van der Waals surface area (Å²) in [5.41, 5.74) is 3.43. The van der Waals surface area contributed by atoms with Crippen molar-refractivity contribution in [2.45, 2.75) is 5.54 Å². The van der Waals surface area contributed by atoms with E-state index in [2.05, 4.69) is 32.4 Å². The Morgan fingerprint density at radius 3 is 2.17 bits per heavy atom. The zero-order chi connectivity index (χ0) is 20.7. The van der Waals surface area contributed by atoms with Gasteiger partial charge in [-0.05, 0) is 35.9 Å². The molecule has 0 atom stereocenters. The minimum Gasteiger partial charge on any atom is -0.355 e. The van der Waals surface area contributed by atoms with Crippen molar-refractivity contribution in [2.75, 3.05) is 5.32 Å². The Labute approximate surface area is 182 Å². The normalized spacial score (nSPS) is 16.1. The number of hydrazone groups is 1. The molecular formula is C24H15BrN4O. The molecule has 5 rings (SSSR count). The van der Waals surface area contributed by atoms with Gasteiger partial charge in [-0.25, -0.2) is 5.01 Å². The van der Waals surface area contributed by atoms with Gasteiger partial charge >= 0.3 is 0 Å². The molecule has 0 unspecified atom stereocenters. The number of rotatable bonds is 2. The molecule has 3 aromatic rings. The zero-order valence-electron chi connectivity index (χ0n) is 15.7.